The van der Waals surface area contributed by atoms with Gasteiger partial charge in [0.1, 0.15) is 5.75 Å². The molecule has 5 nitrogen and oxygen atoms in total. The number of hydrogen-bond donors (Lipinski definition) is 1. The van der Waals surface area contributed by atoms with Crippen LogP contribution in [0.1, 0.15) is 37.0 Å². The van der Waals surface area contributed by atoms with Gasteiger partial charge in [-0.15, -0.1) is 0 Å². The van der Waals surface area contributed by atoms with E-state index in [9.17, 15) is 4.79 Å². The van der Waals surface area contributed by atoms with Gasteiger partial charge < -0.3 is 10.1 Å². The molecule has 0 saturated carbocycles. The van der Waals surface area contributed by atoms with Gasteiger partial charge >= 0.3 is 0 Å². The number of pyridine rings is 1. The fraction of sp³-hybridized carbons (Fsp3) is 0.455. The van der Waals surface area contributed by atoms with Crippen LogP contribution in [0, 0.1) is 0 Å². The first kappa shape index (κ1) is 19.4. The highest BCUT2D eigenvalue weighted by molar-refractivity contribution is 5.76. The van der Waals surface area contributed by atoms with Gasteiger partial charge in [-0.2, -0.15) is 0 Å². The number of amides is 1. The molecule has 2 aromatic rings. The van der Waals surface area contributed by atoms with Crippen LogP contribution in [0.15, 0.2) is 42.7 Å². The molecule has 0 unspecified atom stereocenters. The zero-order chi connectivity index (χ0) is 19.3. The summed E-state index contributed by atoms with van der Waals surface area (Å²) in [6.45, 7) is 7.01. The summed E-state index contributed by atoms with van der Waals surface area (Å²) in [6.07, 6.45) is 5.63. The van der Waals surface area contributed by atoms with E-state index in [1.54, 1.807) is 19.5 Å². The van der Waals surface area contributed by atoms with Crippen LogP contribution in [0.3, 0.4) is 0 Å². The normalized spacial score (nSPS) is 14.5. The lowest BCUT2D eigenvalue weighted by Crippen LogP contribution is -2.53. The van der Waals surface area contributed by atoms with E-state index in [-0.39, 0.29) is 11.4 Å². The smallest absolute Gasteiger partial charge is 0.220 e. The number of carbonyl (C=O) groups excluding carboxylic acids is 1. The van der Waals surface area contributed by atoms with Crippen molar-refractivity contribution in [3.63, 3.8) is 0 Å². The SMILES string of the molecule is COc1cncc(CCC(=O)NCC(C)(C)N2CCc3ccccc3C2)c1. The quantitative estimate of drug-likeness (QED) is 0.817. The fourth-order valence-corrected chi connectivity index (χ4v) is 3.50. The number of hydrogen-bond acceptors (Lipinski definition) is 4. The third kappa shape index (κ3) is 5.07. The summed E-state index contributed by atoms with van der Waals surface area (Å²) in [6, 6.07) is 10.6. The number of nitrogens with zero attached hydrogens (tertiary/aromatic N) is 2. The van der Waals surface area contributed by atoms with Crippen LogP contribution in [0.2, 0.25) is 0 Å². The summed E-state index contributed by atoms with van der Waals surface area (Å²) in [5.74, 6) is 0.794. The molecule has 0 atom stereocenters. The summed E-state index contributed by atoms with van der Waals surface area (Å²) >= 11 is 0. The Kier molecular flexibility index (Phi) is 6.11. The molecule has 2 heterocycles. The molecule has 0 spiro atoms. The zero-order valence-corrected chi connectivity index (χ0v) is 16.5. The lowest BCUT2D eigenvalue weighted by atomic mass is 9.94. The average Bonchev–Trinajstić information content (AvgIpc) is 2.70. The Morgan fingerprint density at radius 1 is 1.26 bits per heavy atom. The predicted molar refractivity (Wildman–Crippen MR) is 107 cm³/mol. The van der Waals surface area contributed by atoms with Crippen molar-refractivity contribution >= 4 is 5.91 Å². The number of benzene rings is 1. The van der Waals surface area contributed by atoms with Crippen molar-refractivity contribution in [1.82, 2.24) is 15.2 Å². The van der Waals surface area contributed by atoms with Crippen molar-refractivity contribution in [1.29, 1.82) is 0 Å². The van der Waals surface area contributed by atoms with Crippen LogP contribution in [0.25, 0.3) is 0 Å². The van der Waals surface area contributed by atoms with Gasteiger partial charge in [-0.25, -0.2) is 0 Å². The third-order valence-electron chi connectivity index (χ3n) is 5.35. The molecule has 1 aliphatic rings. The van der Waals surface area contributed by atoms with E-state index in [0.717, 1.165) is 30.8 Å². The van der Waals surface area contributed by atoms with E-state index in [4.69, 9.17) is 4.74 Å². The van der Waals surface area contributed by atoms with Crippen molar-refractivity contribution < 1.29 is 9.53 Å². The first-order valence-electron chi connectivity index (χ1n) is 9.54. The van der Waals surface area contributed by atoms with Crippen LogP contribution in [-0.2, 0) is 24.2 Å². The highest BCUT2D eigenvalue weighted by Gasteiger charge is 2.29. The molecule has 1 aromatic heterocycles. The van der Waals surface area contributed by atoms with Crippen molar-refractivity contribution in [2.75, 3.05) is 20.2 Å². The maximum Gasteiger partial charge on any atom is 0.220 e. The third-order valence-corrected chi connectivity index (χ3v) is 5.35. The van der Waals surface area contributed by atoms with Gasteiger partial charge in [0.25, 0.3) is 0 Å². The minimum atomic E-state index is -0.0826. The number of aromatic nitrogens is 1. The molecule has 5 heteroatoms. The highest BCUT2D eigenvalue weighted by Crippen LogP contribution is 2.25. The molecule has 0 bridgehead atoms. The van der Waals surface area contributed by atoms with E-state index >= 15 is 0 Å². The number of aryl methyl sites for hydroxylation is 1. The second-order valence-electron chi connectivity index (χ2n) is 7.76. The fourth-order valence-electron chi connectivity index (χ4n) is 3.50. The molecular formula is C22H29N3O2. The van der Waals surface area contributed by atoms with Gasteiger partial charge in [-0.1, -0.05) is 24.3 Å². The van der Waals surface area contributed by atoms with Gasteiger partial charge in [0, 0.05) is 37.8 Å². The molecular weight excluding hydrogens is 338 g/mol. The first-order chi connectivity index (χ1) is 13.0. The summed E-state index contributed by atoms with van der Waals surface area (Å²) in [4.78, 5) is 18.9. The van der Waals surface area contributed by atoms with Crippen LogP contribution < -0.4 is 10.1 Å². The highest BCUT2D eigenvalue weighted by atomic mass is 16.5. The van der Waals surface area contributed by atoms with E-state index in [1.807, 2.05) is 6.07 Å². The number of ether oxygens (including phenoxy) is 1. The summed E-state index contributed by atoms with van der Waals surface area (Å²) in [5.41, 5.74) is 3.77. The van der Waals surface area contributed by atoms with Crippen molar-refractivity contribution in [2.45, 2.75) is 45.2 Å². The predicted octanol–water partition coefficient (Wildman–Crippen LogP) is 2.98. The van der Waals surface area contributed by atoms with Crippen LogP contribution in [0.5, 0.6) is 5.75 Å². The Hall–Kier alpha value is -2.40. The molecule has 1 aromatic carbocycles. The zero-order valence-electron chi connectivity index (χ0n) is 16.5. The minimum Gasteiger partial charge on any atom is -0.495 e. The van der Waals surface area contributed by atoms with Crippen LogP contribution in [0.4, 0.5) is 0 Å². The molecule has 1 aliphatic heterocycles. The topological polar surface area (TPSA) is 54.5 Å². The van der Waals surface area contributed by atoms with Gasteiger partial charge in [0.15, 0.2) is 0 Å². The largest absolute Gasteiger partial charge is 0.495 e. The van der Waals surface area contributed by atoms with E-state index in [1.165, 1.54) is 11.1 Å². The van der Waals surface area contributed by atoms with Crippen LogP contribution in [-0.4, -0.2) is 41.5 Å². The molecule has 1 amide bonds. The number of methoxy groups -OCH3 is 1. The number of rotatable bonds is 7. The Morgan fingerprint density at radius 3 is 2.81 bits per heavy atom. The Morgan fingerprint density at radius 2 is 2.04 bits per heavy atom. The van der Waals surface area contributed by atoms with Crippen molar-refractivity contribution in [3.05, 3.63) is 59.4 Å². The van der Waals surface area contributed by atoms with E-state index in [2.05, 4.69) is 53.3 Å². The monoisotopic (exact) mass is 367 g/mol. The van der Waals surface area contributed by atoms with Gasteiger partial charge in [-0.05, 0) is 49.4 Å². The van der Waals surface area contributed by atoms with Crippen molar-refractivity contribution in [2.24, 2.45) is 0 Å². The molecule has 144 valence electrons. The Balaban J connectivity index is 1.49. The molecule has 0 fully saturated rings. The van der Waals surface area contributed by atoms with Crippen molar-refractivity contribution in [3.8, 4) is 5.75 Å². The first-order valence-corrected chi connectivity index (χ1v) is 9.54. The Labute approximate surface area is 161 Å². The molecule has 0 aliphatic carbocycles. The Bertz CT molecular complexity index is 789. The lowest BCUT2D eigenvalue weighted by Gasteiger charge is -2.41. The number of carbonyl (C=O) groups is 1. The maximum atomic E-state index is 12.3. The van der Waals surface area contributed by atoms with Gasteiger partial charge in [0.05, 0.1) is 13.3 Å². The summed E-state index contributed by atoms with van der Waals surface area (Å²) in [5, 5.41) is 3.11. The van der Waals surface area contributed by atoms with E-state index in [0.29, 0.717) is 19.4 Å². The maximum absolute atomic E-state index is 12.3. The van der Waals surface area contributed by atoms with Gasteiger partial charge in [0.2, 0.25) is 5.91 Å². The number of nitrogens with one attached hydrogen (secondary N) is 1. The molecule has 27 heavy (non-hydrogen) atoms. The molecule has 3 rings (SSSR count). The summed E-state index contributed by atoms with van der Waals surface area (Å²) < 4.78 is 5.18. The number of fused-ring (bicyclic) bond motifs is 1. The lowest BCUT2D eigenvalue weighted by molar-refractivity contribution is -0.121. The summed E-state index contributed by atoms with van der Waals surface area (Å²) in [7, 11) is 1.62. The molecule has 0 radical (unpaired) electrons. The van der Waals surface area contributed by atoms with Crippen LogP contribution >= 0.6 is 0 Å². The second kappa shape index (κ2) is 8.53. The van der Waals surface area contributed by atoms with E-state index < -0.39 is 0 Å². The molecule has 0 saturated heterocycles. The average molecular weight is 367 g/mol. The second-order valence-corrected chi connectivity index (χ2v) is 7.76. The van der Waals surface area contributed by atoms with Gasteiger partial charge in [-0.3, -0.25) is 14.7 Å². The molecule has 1 N–H and O–H groups in total. The minimum absolute atomic E-state index is 0.0725. The standard InChI is InChI=1S/C22H29N3O2/c1-22(2,25-11-10-18-6-4-5-7-19(18)15-25)16-24-21(26)9-8-17-12-20(27-3)14-23-13-17/h4-7,12-14H,8-11,15-16H2,1-3H3,(H,24,26).